The van der Waals surface area contributed by atoms with E-state index in [0.29, 0.717) is 6.42 Å². The zero-order valence-corrected chi connectivity index (χ0v) is 14.6. The second-order valence-electron chi connectivity index (χ2n) is 6.19. The molecule has 0 saturated heterocycles. The molecule has 1 heterocycles. The summed E-state index contributed by atoms with van der Waals surface area (Å²) in [6.45, 7) is 5.05. The summed E-state index contributed by atoms with van der Waals surface area (Å²) >= 11 is 0. The predicted molar refractivity (Wildman–Crippen MR) is 93.6 cm³/mol. The molecule has 7 nitrogen and oxygen atoms in total. The minimum atomic E-state index is -0.838. The molecule has 2 unspecified atom stereocenters. The lowest BCUT2D eigenvalue weighted by Crippen LogP contribution is -2.50. The molecule has 0 aliphatic heterocycles. The monoisotopic (exact) mass is 344 g/mol. The van der Waals surface area contributed by atoms with Gasteiger partial charge in [0.25, 0.3) is 0 Å². The Labute approximate surface area is 146 Å². The fraction of sp³-hybridized carbons (Fsp3) is 0.389. The Morgan fingerprint density at radius 1 is 1.24 bits per heavy atom. The number of rotatable bonds is 7. The van der Waals surface area contributed by atoms with Gasteiger partial charge in [-0.1, -0.05) is 29.8 Å². The van der Waals surface area contributed by atoms with E-state index < -0.39 is 18.2 Å². The minimum Gasteiger partial charge on any atom is -0.386 e. The summed E-state index contributed by atoms with van der Waals surface area (Å²) in [5.41, 5.74) is 2.56. The number of hydrogen-bond acceptors (Lipinski definition) is 4. The van der Waals surface area contributed by atoms with Crippen molar-refractivity contribution >= 4 is 11.8 Å². The zero-order chi connectivity index (χ0) is 18.4. The Morgan fingerprint density at radius 2 is 1.92 bits per heavy atom. The number of nitrogens with one attached hydrogen (secondary N) is 3. The SMILES string of the molecule is CC(=O)N[C@@H](Cc1cnc[nH]1)C(=O)NC(C)C(O)c1ccc(C)cc1. The molecule has 1 aromatic heterocycles. The van der Waals surface area contributed by atoms with Crippen LogP contribution >= 0.6 is 0 Å². The maximum absolute atomic E-state index is 12.5. The molecule has 25 heavy (non-hydrogen) atoms. The molecule has 7 heteroatoms. The number of aromatic amines is 1. The quantitative estimate of drug-likeness (QED) is 0.601. The van der Waals surface area contributed by atoms with E-state index >= 15 is 0 Å². The molecule has 0 aliphatic carbocycles. The first kappa shape index (κ1) is 18.7. The van der Waals surface area contributed by atoms with Crippen molar-refractivity contribution in [1.82, 2.24) is 20.6 Å². The van der Waals surface area contributed by atoms with Crippen molar-refractivity contribution in [2.75, 3.05) is 0 Å². The van der Waals surface area contributed by atoms with Gasteiger partial charge in [-0.05, 0) is 19.4 Å². The van der Waals surface area contributed by atoms with Gasteiger partial charge < -0.3 is 20.7 Å². The van der Waals surface area contributed by atoms with Gasteiger partial charge in [-0.3, -0.25) is 9.59 Å². The van der Waals surface area contributed by atoms with Crippen molar-refractivity contribution in [3.8, 4) is 0 Å². The van der Waals surface area contributed by atoms with Crippen molar-refractivity contribution in [1.29, 1.82) is 0 Å². The van der Waals surface area contributed by atoms with E-state index in [1.807, 2.05) is 31.2 Å². The smallest absolute Gasteiger partial charge is 0.243 e. The number of amides is 2. The molecule has 0 radical (unpaired) electrons. The third-order valence-corrected chi connectivity index (χ3v) is 3.94. The van der Waals surface area contributed by atoms with Crippen LogP contribution in [-0.2, 0) is 16.0 Å². The van der Waals surface area contributed by atoms with Crippen LogP contribution in [0.3, 0.4) is 0 Å². The van der Waals surface area contributed by atoms with E-state index in [9.17, 15) is 14.7 Å². The molecule has 3 atom stereocenters. The Morgan fingerprint density at radius 3 is 2.48 bits per heavy atom. The van der Waals surface area contributed by atoms with Crippen molar-refractivity contribution in [3.63, 3.8) is 0 Å². The van der Waals surface area contributed by atoms with E-state index in [4.69, 9.17) is 0 Å². The molecule has 134 valence electrons. The van der Waals surface area contributed by atoms with Crippen LogP contribution in [-0.4, -0.2) is 39.0 Å². The van der Waals surface area contributed by atoms with Gasteiger partial charge in [-0.2, -0.15) is 0 Å². The molecule has 0 spiro atoms. The average Bonchev–Trinajstić information content (AvgIpc) is 3.07. The standard InChI is InChI=1S/C18H24N4O3/c1-11-4-6-14(7-5-11)17(24)12(2)21-18(25)16(22-13(3)23)8-15-9-19-10-20-15/h4-7,9-10,12,16-17,24H,8H2,1-3H3,(H,19,20)(H,21,25)(H,22,23)/t12?,16-,17?/m0/s1. The highest BCUT2D eigenvalue weighted by atomic mass is 16.3. The maximum Gasteiger partial charge on any atom is 0.243 e. The number of aliphatic hydroxyl groups is 1. The van der Waals surface area contributed by atoms with Crippen LogP contribution in [0.15, 0.2) is 36.8 Å². The topological polar surface area (TPSA) is 107 Å². The molecule has 2 rings (SSSR count). The summed E-state index contributed by atoms with van der Waals surface area (Å²) in [6.07, 6.45) is 2.57. The van der Waals surface area contributed by atoms with Gasteiger partial charge in [0, 0.05) is 25.2 Å². The number of nitrogens with zero attached hydrogens (tertiary/aromatic N) is 1. The van der Waals surface area contributed by atoms with Gasteiger partial charge in [0.2, 0.25) is 11.8 Å². The van der Waals surface area contributed by atoms with Crippen LogP contribution in [0.1, 0.15) is 36.8 Å². The second-order valence-corrected chi connectivity index (χ2v) is 6.19. The Hall–Kier alpha value is -2.67. The van der Waals surface area contributed by atoms with E-state index in [1.165, 1.54) is 13.3 Å². The molecule has 0 bridgehead atoms. The van der Waals surface area contributed by atoms with Crippen LogP contribution < -0.4 is 10.6 Å². The number of aryl methyl sites for hydroxylation is 1. The highest BCUT2D eigenvalue weighted by Gasteiger charge is 2.25. The van der Waals surface area contributed by atoms with Crippen LogP contribution in [0.4, 0.5) is 0 Å². The zero-order valence-electron chi connectivity index (χ0n) is 14.6. The molecule has 0 fully saturated rings. The molecule has 2 amide bonds. The average molecular weight is 344 g/mol. The van der Waals surface area contributed by atoms with Gasteiger partial charge >= 0.3 is 0 Å². The minimum absolute atomic E-state index is 0.290. The highest BCUT2D eigenvalue weighted by Crippen LogP contribution is 2.17. The number of aliphatic hydroxyl groups excluding tert-OH is 1. The Bertz CT molecular complexity index is 698. The van der Waals surface area contributed by atoms with E-state index in [0.717, 1.165) is 16.8 Å². The van der Waals surface area contributed by atoms with Gasteiger partial charge in [0.05, 0.1) is 18.5 Å². The predicted octanol–water partition coefficient (Wildman–Crippen LogP) is 1.00. The summed E-state index contributed by atoms with van der Waals surface area (Å²) in [6, 6.07) is 6.23. The first-order valence-electron chi connectivity index (χ1n) is 8.16. The third-order valence-electron chi connectivity index (χ3n) is 3.94. The highest BCUT2D eigenvalue weighted by molar-refractivity contribution is 5.87. The van der Waals surface area contributed by atoms with Gasteiger partial charge in [0.1, 0.15) is 6.04 Å². The summed E-state index contributed by atoms with van der Waals surface area (Å²) in [5.74, 6) is -0.658. The molecule has 0 aliphatic rings. The van der Waals surface area contributed by atoms with Crippen LogP contribution in [0.5, 0.6) is 0 Å². The molecule has 1 aromatic carbocycles. The number of carbonyl (C=O) groups is 2. The molecule has 4 N–H and O–H groups in total. The number of hydrogen-bond donors (Lipinski definition) is 4. The fourth-order valence-corrected chi connectivity index (χ4v) is 2.53. The summed E-state index contributed by atoms with van der Waals surface area (Å²) in [7, 11) is 0. The molecular weight excluding hydrogens is 320 g/mol. The van der Waals surface area contributed by atoms with Crippen molar-refractivity contribution in [2.45, 2.75) is 45.4 Å². The Balaban J connectivity index is 2.02. The number of benzene rings is 1. The molecular formula is C18H24N4O3. The third kappa shape index (κ3) is 5.42. The summed E-state index contributed by atoms with van der Waals surface area (Å²) < 4.78 is 0. The maximum atomic E-state index is 12.5. The largest absolute Gasteiger partial charge is 0.386 e. The number of imidazole rings is 1. The normalized spacial score (nSPS) is 14.4. The second kappa shape index (κ2) is 8.43. The van der Waals surface area contributed by atoms with Crippen molar-refractivity contribution in [3.05, 3.63) is 53.6 Å². The number of carbonyl (C=O) groups excluding carboxylic acids is 2. The molecule has 0 saturated carbocycles. The first-order chi connectivity index (χ1) is 11.9. The Kier molecular flexibility index (Phi) is 6.30. The summed E-state index contributed by atoms with van der Waals surface area (Å²) in [4.78, 5) is 30.7. The van der Waals surface area contributed by atoms with Gasteiger partial charge in [-0.25, -0.2) is 4.98 Å². The van der Waals surface area contributed by atoms with E-state index in [-0.39, 0.29) is 11.8 Å². The van der Waals surface area contributed by atoms with E-state index in [1.54, 1.807) is 13.1 Å². The summed E-state index contributed by atoms with van der Waals surface area (Å²) in [5, 5.41) is 15.8. The lowest BCUT2D eigenvalue weighted by molar-refractivity contribution is -0.129. The lowest BCUT2D eigenvalue weighted by Gasteiger charge is -2.24. The van der Waals surface area contributed by atoms with Crippen LogP contribution in [0, 0.1) is 6.92 Å². The number of aromatic nitrogens is 2. The van der Waals surface area contributed by atoms with Crippen LogP contribution in [0.25, 0.3) is 0 Å². The van der Waals surface area contributed by atoms with E-state index in [2.05, 4.69) is 20.6 Å². The van der Waals surface area contributed by atoms with Gasteiger partial charge in [-0.15, -0.1) is 0 Å². The van der Waals surface area contributed by atoms with Crippen molar-refractivity contribution in [2.24, 2.45) is 0 Å². The fourth-order valence-electron chi connectivity index (χ4n) is 2.53. The van der Waals surface area contributed by atoms with Gasteiger partial charge in [0.15, 0.2) is 0 Å². The number of H-pyrrole nitrogens is 1. The van der Waals surface area contributed by atoms with Crippen LogP contribution in [0.2, 0.25) is 0 Å². The lowest BCUT2D eigenvalue weighted by atomic mass is 10.0. The first-order valence-corrected chi connectivity index (χ1v) is 8.16. The molecule has 2 aromatic rings. The van der Waals surface area contributed by atoms with Crippen molar-refractivity contribution < 1.29 is 14.7 Å².